The van der Waals surface area contributed by atoms with Crippen molar-refractivity contribution in [3.05, 3.63) is 52.1 Å². The molecule has 2 rings (SSSR count). The molecule has 1 N–H and O–H groups in total. The third kappa shape index (κ3) is 5.53. The zero-order valence-corrected chi connectivity index (χ0v) is 17.6. The lowest BCUT2D eigenvalue weighted by molar-refractivity contribution is -0.167. The largest absolute Gasteiger partial charge is 0.471 e. The fourth-order valence-corrected chi connectivity index (χ4v) is 3.41. The summed E-state index contributed by atoms with van der Waals surface area (Å²) in [6.07, 6.45) is -0.745. The molecule has 1 aliphatic heterocycles. The monoisotopic (exact) mass is 439 g/mol. The fourth-order valence-electron chi connectivity index (χ4n) is 3.41. The highest BCUT2D eigenvalue weighted by Crippen LogP contribution is 2.38. The van der Waals surface area contributed by atoms with Crippen LogP contribution >= 0.6 is 0 Å². The first kappa shape index (κ1) is 24.2. The maximum absolute atomic E-state index is 13.0. The van der Waals surface area contributed by atoms with Gasteiger partial charge in [-0.2, -0.15) is 13.2 Å². The van der Waals surface area contributed by atoms with E-state index in [9.17, 15) is 27.6 Å². The number of nitrogens with one attached hydrogen (secondary N) is 1. The van der Waals surface area contributed by atoms with Crippen molar-refractivity contribution in [1.82, 2.24) is 0 Å². The van der Waals surface area contributed by atoms with Gasteiger partial charge < -0.3 is 14.8 Å². The number of fused-ring (bicyclic) bond motifs is 1. The van der Waals surface area contributed by atoms with Crippen LogP contribution in [0.5, 0.6) is 0 Å². The Bertz CT molecular complexity index is 948. The molecular weight excluding hydrogens is 415 g/mol. The van der Waals surface area contributed by atoms with Crippen LogP contribution in [0.25, 0.3) is 0 Å². The standard InChI is InChI=1S/C22H24F3NO5/c1-5-6-14-13(3)16-11-31-20(28)18(16)19(26-21(29)22(23,24)25)15(14)9-7-12(2)8-10-17(27)30-4/h5,7H,1,6,8-11H2,2-4H3,(H,26,29)/b12-7+. The van der Waals surface area contributed by atoms with Gasteiger partial charge in [-0.25, -0.2) is 4.79 Å². The minimum atomic E-state index is -5.12. The Morgan fingerprint density at radius 2 is 1.90 bits per heavy atom. The third-order valence-corrected chi connectivity index (χ3v) is 5.13. The van der Waals surface area contributed by atoms with Crippen LogP contribution in [0, 0.1) is 6.92 Å². The SMILES string of the molecule is C=CCc1c(C)c2c(c(NC(=O)C(F)(F)F)c1C/C=C(\C)CCC(=O)OC)C(=O)OC2. The summed E-state index contributed by atoms with van der Waals surface area (Å²) < 4.78 is 48.5. The van der Waals surface area contributed by atoms with Crippen LogP contribution in [0.4, 0.5) is 18.9 Å². The lowest BCUT2D eigenvalue weighted by Crippen LogP contribution is -2.31. The van der Waals surface area contributed by atoms with E-state index in [0.717, 1.165) is 5.57 Å². The molecule has 6 nitrogen and oxygen atoms in total. The van der Waals surface area contributed by atoms with E-state index in [-0.39, 0.29) is 36.7 Å². The van der Waals surface area contributed by atoms with Gasteiger partial charge in [0.2, 0.25) is 0 Å². The van der Waals surface area contributed by atoms with Crippen molar-refractivity contribution in [2.45, 2.75) is 52.3 Å². The topological polar surface area (TPSA) is 81.7 Å². The average molecular weight is 439 g/mol. The zero-order valence-electron chi connectivity index (χ0n) is 17.6. The van der Waals surface area contributed by atoms with Crippen LogP contribution in [0.2, 0.25) is 0 Å². The molecule has 1 aromatic carbocycles. The number of carbonyl (C=O) groups is 3. The first-order valence-electron chi connectivity index (χ1n) is 9.57. The van der Waals surface area contributed by atoms with E-state index in [1.165, 1.54) is 7.11 Å². The molecule has 1 aliphatic rings. The Morgan fingerprint density at radius 3 is 2.48 bits per heavy atom. The number of hydrogen-bond acceptors (Lipinski definition) is 5. The summed E-state index contributed by atoms with van der Waals surface area (Å²) in [5, 5.41) is 1.89. The number of halogens is 3. The van der Waals surface area contributed by atoms with Crippen LogP contribution in [0.1, 0.15) is 52.4 Å². The van der Waals surface area contributed by atoms with Gasteiger partial charge in [-0.1, -0.05) is 17.7 Å². The molecule has 0 saturated carbocycles. The van der Waals surface area contributed by atoms with Crippen LogP contribution in [-0.2, 0) is 38.5 Å². The van der Waals surface area contributed by atoms with Crippen LogP contribution < -0.4 is 5.32 Å². The Morgan fingerprint density at radius 1 is 1.23 bits per heavy atom. The highest BCUT2D eigenvalue weighted by molar-refractivity contribution is 6.06. The lowest BCUT2D eigenvalue weighted by Gasteiger charge is -2.20. The minimum Gasteiger partial charge on any atom is -0.469 e. The van der Waals surface area contributed by atoms with E-state index < -0.39 is 18.1 Å². The molecule has 1 aromatic rings. The second-order valence-corrected chi connectivity index (χ2v) is 7.16. The molecule has 9 heteroatoms. The van der Waals surface area contributed by atoms with E-state index in [1.54, 1.807) is 26.0 Å². The van der Waals surface area contributed by atoms with Gasteiger partial charge in [0.25, 0.3) is 0 Å². The number of hydrogen-bond donors (Lipinski definition) is 1. The molecule has 0 bridgehead atoms. The van der Waals surface area contributed by atoms with E-state index >= 15 is 0 Å². The van der Waals surface area contributed by atoms with Gasteiger partial charge >= 0.3 is 24.0 Å². The maximum atomic E-state index is 13.0. The number of alkyl halides is 3. The van der Waals surface area contributed by atoms with Crippen LogP contribution in [-0.4, -0.2) is 31.1 Å². The molecule has 0 fully saturated rings. The molecule has 1 heterocycles. The number of anilines is 1. The Labute approximate surface area is 178 Å². The van der Waals surface area contributed by atoms with Gasteiger partial charge in [0.15, 0.2) is 0 Å². The first-order chi connectivity index (χ1) is 14.5. The second kappa shape index (κ2) is 9.80. The number of benzene rings is 1. The first-order valence-corrected chi connectivity index (χ1v) is 9.57. The summed E-state index contributed by atoms with van der Waals surface area (Å²) in [5.41, 5.74) is 2.77. The number of methoxy groups -OCH3 is 1. The normalized spacial score (nSPS) is 13.5. The molecule has 1 amide bonds. The van der Waals surface area contributed by atoms with E-state index in [2.05, 4.69) is 11.3 Å². The number of allylic oxidation sites excluding steroid dienone is 3. The maximum Gasteiger partial charge on any atom is 0.471 e. The fraction of sp³-hybridized carbons (Fsp3) is 0.409. The van der Waals surface area contributed by atoms with Crippen molar-refractivity contribution in [2.75, 3.05) is 12.4 Å². The van der Waals surface area contributed by atoms with E-state index in [0.29, 0.717) is 35.1 Å². The van der Waals surface area contributed by atoms with Crippen molar-refractivity contribution < 1.29 is 37.0 Å². The molecule has 0 aliphatic carbocycles. The summed E-state index contributed by atoms with van der Waals surface area (Å²) in [5.74, 6) is -3.34. The van der Waals surface area contributed by atoms with Gasteiger partial charge in [-0.05, 0) is 49.8 Å². The number of cyclic esters (lactones) is 1. The van der Waals surface area contributed by atoms with Crippen molar-refractivity contribution >= 4 is 23.5 Å². The highest BCUT2D eigenvalue weighted by atomic mass is 19.4. The summed E-state index contributed by atoms with van der Waals surface area (Å²) in [4.78, 5) is 35.4. The third-order valence-electron chi connectivity index (χ3n) is 5.13. The predicted octanol–water partition coefficient (Wildman–Crippen LogP) is 4.34. The summed E-state index contributed by atoms with van der Waals surface area (Å²) in [7, 11) is 1.28. The van der Waals surface area contributed by atoms with Crippen LogP contribution in [0.15, 0.2) is 24.3 Å². The minimum absolute atomic E-state index is 0.0569. The molecule has 0 aromatic heterocycles. The van der Waals surface area contributed by atoms with Crippen molar-refractivity contribution in [3.8, 4) is 0 Å². The summed E-state index contributed by atoms with van der Waals surface area (Å²) >= 11 is 0. The van der Waals surface area contributed by atoms with Crippen molar-refractivity contribution in [3.63, 3.8) is 0 Å². The average Bonchev–Trinajstić information content (AvgIpc) is 3.09. The van der Waals surface area contributed by atoms with Crippen LogP contribution in [0.3, 0.4) is 0 Å². The van der Waals surface area contributed by atoms with Gasteiger partial charge in [-0.15, -0.1) is 6.58 Å². The van der Waals surface area contributed by atoms with Crippen molar-refractivity contribution in [1.29, 1.82) is 0 Å². The Hall–Kier alpha value is -3.10. The number of carbonyl (C=O) groups excluding carboxylic acids is 3. The lowest BCUT2D eigenvalue weighted by atomic mass is 9.87. The number of esters is 2. The molecule has 168 valence electrons. The van der Waals surface area contributed by atoms with E-state index in [1.807, 2.05) is 5.32 Å². The Balaban J connectivity index is 2.57. The van der Waals surface area contributed by atoms with Gasteiger partial charge in [-0.3, -0.25) is 9.59 Å². The molecule has 31 heavy (non-hydrogen) atoms. The summed E-state index contributed by atoms with van der Waals surface area (Å²) in [6.45, 7) is 7.15. The number of rotatable bonds is 8. The number of amides is 1. The number of ether oxygens (including phenoxy) is 2. The van der Waals surface area contributed by atoms with Gasteiger partial charge in [0, 0.05) is 12.0 Å². The molecular formula is C22H24F3NO5. The van der Waals surface area contributed by atoms with E-state index in [4.69, 9.17) is 4.74 Å². The van der Waals surface area contributed by atoms with Gasteiger partial charge in [0.1, 0.15) is 6.61 Å². The molecule has 0 saturated heterocycles. The van der Waals surface area contributed by atoms with Gasteiger partial charge in [0.05, 0.1) is 18.4 Å². The summed E-state index contributed by atoms with van der Waals surface area (Å²) in [6, 6.07) is 0. The highest BCUT2D eigenvalue weighted by Gasteiger charge is 2.41. The molecule has 0 atom stereocenters. The molecule has 0 radical (unpaired) electrons. The Kier molecular flexibility index (Phi) is 7.65. The quantitative estimate of drug-likeness (QED) is 0.482. The molecule has 0 unspecified atom stereocenters. The smallest absolute Gasteiger partial charge is 0.469 e. The molecule has 0 spiro atoms. The predicted molar refractivity (Wildman–Crippen MR) is 108 cm³/mol. The zero-order chi connectivity index (χ0) is 23.3. The second-order valence-electron chi connectivity index (χ2n) is 7.16. The van der Waals surface area contributed by atoms with Crippen molar-refractivity contribution in [2.24, 2.45) is 0 Å².